The highest BCUT2D eigenvalue weighted by molar-refractivity contribution is 8.56. The highest BCUT2D eigenvalue weighted by Crippen LogP contribution is 2.57. The Morgan fingerprint density at radius 1 is 1.42 bits per heavy atom. The number of anilines is 1. The number of ether oxygens (including phenoxy) is 3. The Kier molecular flexibility index (Phi) is 9.17. The number of imidazole rings is 1. The second-order valence-corrected chi connectivity index (χ2v) is 12.6. The first kappa shape index (κ1) is 28.5. The van der Waals surface area contributed by atoms with Crippen molar-refractivity contribution in [1.29, 1.82) is 0 Å². The fourth-order valence-corrected chi connectivity index (χ4v) is 7.29. The zero-order valence-corrected chi connectivity index (χ0v) is 22.4. The smallest absolute Gasteiger partial charge is 0.327 e. The molecule has 202 valence electrons. The maximum Gasteiger partial charge on any atom is 0.327 e. The van der Waals surface area contributed by atoms with Gasteiger partial charge in [0.05, 0.1) is 26.1 Å². The third-order valence-electron chi connectivity index (χ3n) is 5.36. The summed E-state index contributed by atoms with van der Waals surface area (Å²) in [5.74, 6) is -0.156. The number of rotatable bonds is 12. The summed E-state index contributed by atoms with van der Waals surface area (Å²) in [7, 11) is 0. The first-order valence-electron chi connectivity index (χ1n) is 11.5. The Morgan fingerprint density at radius 2 is 2.14 bits per heavy atom. The number of esters is 1. The van der Waals surface area contributed by atoms with Gasteiger partial charge in [0.2, 0.25) is 11.8 Å². The van der Waals surface area contributed by atoms with Crippen LogP contribution in [-0.2, 0) is 23.4 Å². The van der Waals surface area contributed by atoms with Crippen molar-refractivity contribution in [3.05, 3.63) is 6.33 Å². The number of nitrogens with one attached hydrogen (secondary N) is 1. The second-order valence-electron chi connectivity index (χ2n) is 8.08. The topological polar surface area (TPSA) is 173 Å². The Bertz CT molecular complexity index is 1120. The van der Waals surface area contributed by atoms with Gasteiger partial charge in [-0.25, -0.2) is 14.5 Å². The average Bonchev–Trinajstić information content (AvgIpc) is 3.31. The number of nitrogens with zero attached hydrogens (tertiary/aromatic N) is 4. The minimum atomic E-state index is -3.63. The van der Waals surface area contributed by atoms with Crippen LogP contribution in [0.1, 0.15) is 40.8 Å². The van der Waals surface area contributed by atoms with Crippen molar-refractivity contribution in [2.75, 3.05) is 31.3 Å². The van der Waals surface area contributed by atoms with Crippen LogP contribution >= 0.6 is 18.1 Å². The third-order valence-corrected chi connectivity index (χ3v) is 9.57. The minimum Gasteiger partial charge on any atom is -0.476 e. The standard InChI is InChI=1S/C20H32FN6O7PS/c1-6-31-16-13-15(24-19(22)25-16)27(10-23-13)18-20(5,21)14(28)12(34-18)9-33-35(30,36-8-3)26-11(4)17(29)32-7-2/h10-12,14,18,28H,6-9H2,1-5H3,(H,26,30)(H2,22,24,25)/t11?,12?,14-,18-,20-,35-/m1/s1. The lowest BCUT2D eigenvalue weighted by molar-refractivity contribution is -0.144. The molecule has 0 amide bonds. The highest BCUT2D eigenvalue weighted by atomic mass is 32.7. The van der Waals surface area contributed by atoms with Crippen LogP contribution < -0.4 is 15.6 Å². The number of alkyl halides is 1. The summed E-state index contributed by atoms with van der Waals surface area (Å²) in [6.07, 6.45) is -2.91. The summed E-state index contributed by atoms with van der Waals surface area (Å²) in [4.78, 5) is 24.3. The van der Waals surface area contributed by atoms with E-state index in [2.05, 4.69) is 20.0 Å². The van der Waals surface area contributed by atoms with Gasteiger partial charge in [-0.2, -0.15) is 9.97 Å². The number of aliphatic hydroxyl groups excluding tert-OH is 1. The number of carbonyl (C=O) groups excluding carboxylic acids is 1. The molecular weight excluding hydrogens is 518 g/mol. The summed E-state index contributed by atoms with van der Waals surface area (Å²) >= 11 is 0.959. The molecule has 0 bridgehead atoms. The molecule has 16 heteroatoms. The average molecular weight is 551 g/mol. The van der Waals surface area contributed by atoms with Crippen molar-refractivity contribution >= 4 is 41.2 Å². The Morgan fingerprint density at radius 3 is 2.78 bits per heavy atom. The quantitative estimate of drug-likeness (QED) is 0.260. The van der Waals surface area contributed by atoms with Crippen molar-refractivity contribution in [2.45, 2.75) is 64.8 Å². The van der Waals surface area contributed by atoms with Gasteiger partial charge in [-0.3, -0.25) is 13.9 Å². The van der Waals surface area contributed by atoms with Gasteiger partial charge in [0.1, 0.15) is 18.2 Å². The fraction of sp³-hybridized carbons (Fsp3) is 0.700. The molecule has 3 heterocycles. The van der Waals surface area contributed by atoms with Crippen LogP contribution in [0.15, 0.2) is 6.33 Å². The van der Waals surface area contributed by atoms with Gasteiger partial charge in [0, 0.05) is 5.75 Å². The van der Waals surface area contributed by atoms with E-state index in [1.54, 1.807) is 20.8 Å². The molecule has 6 atom stereocenters. The number of hydrogen-bond acceptors (Lipinski definition) is 12. The number of carbonyl (C=O) groups is 1. The molecule has 2 unspecified atom stereocenters. The Balaban J connectivity index is 1.81. The van der Waals surface area contributed by atoms with Crippen LogP contribution in [-0.4, -0.2) is 80.1 Å². The van der Waals surface area contributed by atoms with Crippen molar-refractivity contribution in [2.24, 2.45) is 0 Å². The van der Waals surface area contributed by atoms with E-state index in [9.17, 15) is 14.5 Å². The van der Waals surface area contributed by atoms with Gasteiger partial charge in [-0.05, 0) is 27.7 Å². The predicted octanol–water partition coefficient (Wildman–Crippen LogP) is 2.21. The van der Waals surface area contributed by atoms with Crippen LogP contribution in [0.2, 0.25) is 0 Å². The third kappa shape index (κ3) is 5.92. The number of nitrogen functional groups attached to an aromatic ring is 1. The molecule has 0 radical (unpaired) electrons. The Hall–Kier alpha value is -2.03. The summed E-state index contributed by atoms with van der Waals surface area (Å²) in [5, 5.41) is 13.4. The molecule has 2 aromatic heterocycles. The van der Waals surface area contributed by atoms with Crippen LogP contribution in [0.4, 0.5) is 10.3 Å². The summed E-state index contributed by atoms with van der Waals surface area (Å²) in [6, 6.07) is -0.912. The molecule has 2 aromatic rings. The molecule has 3 rings (SSSR count). The molecule has 1 saturated heterocycles. The fourth-order valence-electron chi connectivity index (χ4n) is 3.68. The largest absolute Gasteiger partial charge is 0.476 e. The molecule has 0 spiro atoms. The van der Waals surface area contributed by atoms with Gasteiger partial charge in [-0.1, -0.05) is 18.3 Å². The zero-order valence-electron chi connectivity index (χ0n) is 20.7. The lowest BCUT2D eigenvalue weighted by atomic mass is 9.98. The van der Waals surface area contributed by atoms with E-state index in [4.69, 9.17) is 24.5 Å². The van der Waals surface area contributed by atoms with E-state index in [0.717, 1.165) is 11.4 Å². The molecular formula is C20H32FN6O7PS. The van der Waals surface area contributed by atoms with E-state index in [1.165, 1.54) is 24.7 Å². The van der Waals surface area contributed by atoms with E-state index >= 15 is 4.39 Å². The van der Waals surface area contributed by atoms with Crippen LogP contribution in [0.25, 0.3) is 11.2 Å². The van der Waals surface area contributed by atoms with Gasteiger partial charge in [0.15, 0.2) is 23.1 Å². The zero-order chi connectivity index (χ0) is 26.7. The monoisotopic (exact) mass is 550 g/mol. The second kappa shape index (κ2) is 11.6. The molecule has 13 nitrogen and oxygen atoms in total. The summed E-state index contributed by atoms with van der Waals surface area (Å²) in [6.45, 7) is 4.27. The molecule has 1 aliphatic rings. The van der Waals surface area contributed by atoms with Gasteiger partial charge >= 0.3 is 12.7 Å². The molecule has 0 saturated carbocycles. The molecule has 0 aliphatic carbocycles. The number of nitrogens with two attached hydrogens (primary N) is 1. The maximum absolute atomic E-state index is 15.8. The van der Waals surface area contributed by atoms with Crippen LogP contribution in [0, 0.1) is 0 Å². The lowest BCUT2D eigenvalue weighted by Gasteiger charge is -2.25. The van der Waals surface area contributed by atoms with Crippen molar-refractivity contribution in [1.82, 2.24) is 24.6 Å². The first-order chi connectivity index (χ1) is 17.0. The van der Waals surface area contributed by atoms with Crippen molar-refractivity contribution in [3.8, 4) is 5.88 Å². The van der Waals surface area contributed by atoms with Crippen molar-refractivity contribution < 1.29 is 37.6 Å². The van der Waals surface area contributed by atoms with E-state index in [1.807, 2.05) is 0 Å². The van der Waals surface area contributed by atoms with Crippen LogP contribution in [0.5, 0.6) is 5.88 Å². The minimum absolute atomic E-state index is 0.106. The predicted molar refractivity (Wildman–Crippen MR) is 131 cm³/mol. The van der Waals surface area contributed by atoms with Gasteiger partial charge in [-0.15, -0.1) is 0 Å². The first-order valence-corrected chi connectivity index (χ1v) is 14.7. The number of aromatic nitrogens is 4. The highest BCUT2D eigenvalue weighted by Gasteiger charge is 2.56. The number of hydrogen-bond donors (Lipinski definition) is 3. The molecule has 0 aromatic carbocycles. The van der Waals surface area contributed by atoms with Gasteiger partial charge in [0.25, 0.3) is 0 Å². The van der Waals surface area contributed by atoms with E-state index in [-0.39, 0.29) is 29.6 Å². The normalized spacial score (nSPS) is 26.6. The Labute approximate surface area is 211 Å². The number of aliphatic hydroxyl groups is 1. The van der Waals surface area contributed by atoms with Crippen LogP contribution in [0.3, 0.4) is 0 Å². The summed E-state index contributed by atoms with van der Waals surface area (Å²) < 4.78 is 52.2. The maximum atomic E-state index is 15.8. The molecule has 36 heavy (non-hydrogen) atoms. The molecule has 1 aliphatic heterocycles. The SMILES string of the molecule is CCOC(=O)C(C)N[P@@](=O)(OCC1O[C@@H](n2cnc3c(OCC)nc(N)nc32)[C@](C)(F)[C@@H]1O)SCC. The molecule has 4 N–H and O–H groups in total. The van der Waals surface area contributed by atoms with E-state index in [0.29, 0.717) is 12.4 Å². The van der Waals surface area contributed by atoms with Crippen molar-refractivity contribution in [3.63, 3.8) is 0 Å². The lowest BCUT2D eigenvalue weighted by Crippen LogP contribution is -2.41. The summed E-state index contributed by atoms with van der Waals surface area (Å²) in [5.41, 5.74) is 3.89. The van der Waals surface area contributed by atoms with E-state index < -0.39 is 49.4 Å². The number of halogens is 1. The van der Waals surface area contributed by atoms with Gasteiger partial charge < -0.3 is 29.6 Å². The molecule has 1 fully saturated rings. The number of fused-ring (bicyclic) bond motifs is 1.